The summed E-state index contributed by atoms with van der Waals surface area (Å²) in [5.41, 5.74) is 2.55. The van der Waals surface area contributed by atoms with Gasteiger partial charge in [-0.1, -0.05) is 36.4 Å². The van der Waals surface area contributed by atoms with Gasteiger partial charge in [0.05, 0.1) is 11.4 Å². The van der Waals surface area contributed by atoms with Gasteiger partial charge in [0.25, 0.3) is 0 Å². The van der Waals surface area contributed by atoms with Gasteiger partial charge in [-0.25, -0.2) is 0 Å². The van der Waals surface area contributed by atoms with Crippen molar-refractivity contribution in [3.05, 3.63) is 60.7 Å². The molecule has 0 aromatic heterocycles. The summed E-state index contributed by atoms with van der Waals surface area (Å²) in [6.07, 6.45) is 2.50. The van der Waals surface area contributed by atoms with E-state index in [1.807, 2.05) is 0 Å². The number of rotatable bonds is 2. The normalized spacial score (nSPS) is 19.5. The summed E-state index contributed by atoms with van der Waals surface area (Å²) in [6, 6.07) is 21.9. The number of hydrazine groups is 1. The molecule has 0 spiro atoms. The maximum atomic E-state index is 2.43. The van der Waals surface area contributed by atoms with E-state index in [2.05, 4.69) is 77.6 Å². The van der Waals surface area contributed by atoms with Crippen LogP contribution in [0.4, 0.5) is 11.4 Å². The predicted molar refractivity (Wildman–Crippen MR) is 81.4 cm³/mol. The lowest BCUT2D eigenvalue weighted by Gasteiger charge is -2.46. The number of hydrogen-bond acceptors (Lipinski definition) is 2. The van der Waals surface area contributed by atoms with Gasteiger partial charge < -0.3 is 0 Å². The number of hydrogen-bond donors (Lipinski definition) is 0. The van der Waals surface area contributed by atoms with Gasteiger partial charge in [-0.3, -0.25) is 10.0 Å². The highest BCUT2D eigenvalue weighted by Crippen LogP contribution is 2.29. The molecule has 1 heterocycles. The quantitative estimate of drug-likeness (QED) is 0.794. The smallest absolute Gasteiger partial charge is 0.0577 e. The van der Waals surface area contributed by atoms with E-state index < -0.39 is 0 Å². The van der Waals surface area contributed by atoms with Gasteiger partial charge in [-0.05, 0) is 44.0 Å². The van der Waals surface area contributed by atoms with Gasteiger partial charge in [-0.15, -0.1) is 0 Å². The molecule has 1 aliphatic rings. The topological polar surface area (TPSA) is 6.48 Å². The summed E-state index contributed by atoms with van der Waals surface area (Å²) >= 11 is 0. The average Bonchev–Trinajstić information content (AvgIpc) is 2.49. The van der Waals surface area contributed by atoms with Crippen molar-refractivity contribution in [3.8, 4) is 0 Å². The van der Waals surface area contributed by atoms with Crippen LogP contribution < -0.4 is 10.0 Å². The molecule has 2 heteroatoms. The second kappa shape index (κ2) is 5.35. The first kappa shape index (κ1) is 12.1. The predicted octanol–water partition coefficient (Wildman–Crippen LogP) is 4.10. The highest BCUT2D eigenvalue weighted by molar-refractivity contribution is 5.58. The van der Waals surface area contributed by atoms with Crippen molar-refractivity contribution in [1.29, 1.82) is 0 Å². The summed E-state index contributed by atoms with van der Waals surface area (Å²) in [5, 5.41) is 4.84. The van der Waals surface area contributed by atoms with Crippen LogP contribution in [0.25, 0.3) is 0 Å². The summed E-state index contributed by atoms with van der Waals surface area (Å²) in [4.78, 5) is 0. The van der Waals surface area contributed by atoms with E-state index in [-0.39, 0.29) is 0 Å². The van der Waals surface area contributed by atoms with Gasteiger partial charge in [0.15, 0.2) is 0 Å². The van der Waals surface area contributed by atoms with E-state index >= 15 is 0 Å². The zero-order valence-electron chi connectivity index (χ0n) is 11.4. The molecular weight excluding hydrogens is 232 g/mol. The maximum Gasteiger partial charge on any atom is 0.0577 e. The zero-order chi connectivity index (χ0) is 13.1. The zero-order valence-corrected chi connectivity index (χ0v) is 11.4. The molecule has 1 atom stereocenters. The van der Waals surface area contributed by atoms with Crippen LogP contribution in [-0.4, -0.2) is 12.6 Å². The van der Waals surface area contributed by atoms with Gasteiger partial charge >= 0.3 is 0 Å². The molecule has 0 N–H and O–H groups in total. The van der Waals surface area contributed by atoms with Crippen molar-refractivity contribution in [2.75, 3.05) is 16.6 Å². The Morgan fingerprint density at radius 1 is 0.842 bits per heavy atom. The Bertz CT molecular complexity index is 509. The second-order valence-corrected chi connectivity index (χ2v) is 5.13. The molecule has 0 amide bonds. The van der Waals surface area contributed by atoms with Crippen LogP contribution in [0.5, 0.6) is 0 Å². The molecule has 1 aliphatic heterocycles. The first-order chi connectivity index (χ1) is 9.36. The molecule has 1 unspecified atom stereocenters. The van der Waals surface area contributed by atoms with Crippen LogP contribution in [0.3, 0.4) is 0 Å². The van der Waals surface area contributed by atoms with Crippen molar-refractivity contribution in [1.82, 2.24) is 0 Å². The molecule has 1 saturated heterocycles. The van der Waals surface area contributed by atoms with E-state index in [0.717, 1.165) is 6.54 Å². The molecule has 0 radical (unpaired) electrons. The van der Waals surface area contributed by atoms with Crippen molar-refractivity contribution >= 4 is 11.4 Å². The number of nitrogens with zero attached hydrogens (tertiary/aromatic N) is 2. The van der Waals surface area contributed by atoms with Crippen molar-refractivity contribution in [2.45, 2.75) is 25.8 Å². The molecule has 2 aromatic carbocycles. The van der Waals surface area contributed by atoms with Crippen molar-refractivity contribution < 1.29 is 0 Å². The average molecular weight is 252 g/mol. The number of para-hydroxylation sites is 2. The molecule has 2 aromatic rings. The minimum Gasteiger partial charge on any atom is -0.285 e. The lowest BCUT2D eigenvalue weighted by Crippen LogP contribution is -2.52. The lowest BCUT2D eigenvalue weighted by atomic mass is 10.1. The second-order valence-electron chi connectivity index (χ2n) is 5.13. The Labute approximate surface area is 115 Å². The fourth-order valence-electron chi connectivity index (χ4n) is 2.83. The Balaban J connectivity index is 1.97. The first-order valence-corrected chi connectivity index (χ1v) is 7.03. The lowest BCUT2D eigenvalue weighted by molar-refractivity contribution is 0.482. The molecule has 3 rings (SSSR count). The first-order valence-electron chi connectivity index (χ1n) is 7.03. The Morgan fingerprint density at radius 3 is 2.05 bits per heavy atom. The van der Waals surface area contributed by atoms with Gasteiger partial charge in [0.1, 0.15) is 0 Å². The summed E-state index contributed by atoms with van der Waals surface area (Å²) in [7, 11) is 0. The molecule has 0 saturated carbocycles. The van der Waals surface area contributed by atoms with Crippen LogP contribution >= 0.6 is 0 Å². The van der Waals surface area contributed by atoms with Crippen molar-refractivity contribution in [2.24, 2.45) is 0 Å². The van der Waals surface area contributed by atoms with Gasteiger partial charge in [0.2, 0.25) is 0 Å². The molecule has 19 heavy (non-hydrogen) atoms. The Hall–Kier alpha value is -1.96. The maximum absolute atomic E-state index is 2.43. The summed E-state index contributed by atoms with van der Waals surface area (Å²) in [5.74, 6) is 0. The molecule has 0 aliphatic carbocycles. The summed E-state index contributed by atoms with van der Waals surface area (Å²) < 4.78 is 0. The Morgan fingerprint density at radius 2 is 1.42 bits per heavy atom. The SMILES string of the molecule is CC1CCCN(c2ccccc2)N1c1ccccc1. The van der Waals surface area contributed by atoms with Crippen LogP contribution in [0.2, 0.25) is 0 Å². The number of benzene rings is 2. The fraction of sp³-hybridized carbons (Fsp3) is 0.294. The van der Waals surface area contributed by atoms with Crippen LogP contribution in [0.1, 0.15) is 19.8 Å². The van der Waals surface area contributed by atoms with Gasteiger partial charge in [0, 0.05) is 12.6 Å². The molecular formula is C17H20N2. The van der Waals surface area contributed by atoms with Crippen molar-refractivity contribution in [3.63, 3.8) is 0 Å². The van der Waals surface area contributed by atoms with E-state index in [4.69, 9.17) is 0 Å². The van der Waals surface area contributed by atoms with E-state index in [0.29, 0.717) is 6.04 Å². The van der Waals surface area contributed by atoms with E-state index in [1.165, 1.54) is 24.2 Å². The third-order valence-electron chi connectivity index (χ3n) is 3.74. The van der Waals surface area contributed by atoms with E-state index in [1.54, 1.807) is 0 Å². The fourth-order valence-corrected chi connectivity index (χ4v) is 2.83. The van der Waals surface area contributed by atoms with Crippen LogP contribution in [-0.2, 0) is 0 Å². The van der Waals surface area contributed by atoms with E-state index in [9.17, 15) is 0 Å². The highest BCUT2D eigenvalue weighted by Gasteiger charge is 2.26. The summed E-state index contributed by atoms with van der Waals surface area (Å²) in [6.45, 7) is 3.39. The minimum atomic E-state index is 0.538. The largest absolute Gasteiger partial charge is 0.285 e. The standard InChI is InChI=1S/C17H20N2/c1-15-9-8-14-18(16-10-4-2-5-11-16)19(15)17-12-6-3-7-13-17/h2-7,10-13,15H,8-9,14H2,1H3. The van der Waals surface area contributed by atoms with Crippen LogP contribution in [0.15, 0.2) is 60.7 Å². The Kier molecular flexibility index (Phi) is 3.41. The van der Waals surface area contributed by atoms with Crippen LogP contribution in [0, 0.1) is 0 Å². The molecule has 98 valence electrons. The molecule has 1 fully saturated rings. The number of anilines is 2. The molecule has 2 nitrogen and oxygen atoms in total. The highest BCUT2D eigenvalue weighted by atomic mass is 15.6. The molecule has 0 bridgehead atoms. The third-order valence-corrected chi connectivity index (χ3v) is 3.74. The monoisotopic (exact) mass is 252 g/mol. The third kappa shape index (κ3) is 2.43. The van der Waals surface area contributed by atoms with Gasteiger partial charge in [-0.2, -0.15) is 0 Å². The minimum absolute atomic E-state index is 0.538.